The molecule has 102 valence electrons. The van der Waals surface area contributed by atoms with E-state index >= 15 is 0 Å². The van der Waals surface area contributed by atoms with Crippen LogP contribution in [-0.2, 0) is 9.53 Å². The lowest BCUT2D eigenvalue weighted by Crippen LogP contribution is -2.16. The quantitative estimate of drug-likeness (QED) is 0.775. The van der Waals surface area contributed by atoms with Crippen molar-refractivity contribution >= 4 is 33.8 Å². The van der Waals surface area contributed by atoms with Gasteiger partial charge in [-0.25, -0.2) is 0 Å². The van der Waals surface area contributed by atoms with Crippen LogP contribution in [-0.4, -0.2) is 29.8 Å². The van der Waals surface area contributed by atoms with Gasteiger partial charge in [-0.1, -0.05) is 0 Å². The summed E-state index contributed by atoms with van der Waals surface area (Å²) in [6, 6.07) is 7.68. The normalized spacial score (nSPS) is 10.8. The third-order valence-corrected chi connectivity index (χ3v) is 3.60. The maximum atomic E-state index is 11.5. The summed E-state index contributed by atoms with van der Waals surface area (Å²) >= 11 is 1.63. The number of rotatable bonds is 4. The zero-order chi connectivity index (χ0) is 13.9. The molecule has 0 atom stereocenters. The van der Waals surface area contributed by atoms with Crippen molar-refractivity contribution in [3.63, 3.8) is 0 Å². The van der Waals surface area contributed by atoms with Crippen LogP contribution in [0.5, 0.6) is 0 Å². The lowest BCUT2D eigenvalue weighted by molar-refractivity contribution is -0.119. The number of aromatic amines is 1. The van der Waals surface area contributed by atoms with Crippen LogP contribution in [0, 0.1) is 0 Å². The van der Waals surface area contributed by atoms with Gasteiger partial charge in [0, 0.05) is 29.1 Å². The smallest absolute Gasteiger partial charge is 0.250 e. The van der Waals surface area contributed by atoms with Crippen molar-refractivity contribution in [2.24, 2.45) is 0 Å². The fourth-order valence-electron chi connectivity index (χ4n) is 2.04. The average Bonchev–Trinajstić information content (AvgIpc) is 3.06. The van der Waals surface area contributed by atoms with Gasteiger partial charge >= 0.3 is 0 Å². The number of benzene rings is 1. The average molecular weight is 287 g/mol. The van der Waals surface area contributed by atoms with E-state index in [-0.39, 0.29) is 12.5 Å². The van der Waals surface area contributed by atoms with Gasteiger partial charge in [-0.3, -0.25) is 9.89 Å². The number of hydrogen-bond acceptors (Lipinski definition) is 4. The van der Waals surface area contributed by atoms with Crippen LogP contribution in [0.2, 0.25) is 0 Å². The number of amides is 1. The Labute approximate surface area is 119 Å². The number of nitrogens with one attached hydrogen (secondary N) is 2. The minimum atomic E-state index is -0.174. The van der Waals surface area contributed by atoms with Crippen LogP contribution in [0.25, 0.3) is 22.2 Å². The number of H-pyrrole nitrogens is 1. The van der Waals surface area contributed by atoms with E-state index in [2.05, 4.69) is 15.5 Å². The highest BCUT2D eigenvalue weighted by molar-refractivity contribution is 7.08. The summed E-state index contributed by atoms with van der Waals surface area (Å²) in [5, 5.41) is 15.2. The summed E-state index contributed by atoms with van der Waals surface area (Å²) in [7, 11) is 1.49. The molecular weight excluding hydrogens is 274 g/mol. The first-order chi connectivity index (χ1) is 9.78. The Balaban J connectivity index is 1.97. The molecule has 0 radical (unpaired) electrons. The van der Waals surface area contributed by atoms with Crippen molar-refractivity contribution in [2.45, 2.75) is 0 Å². The lowest BCUT2D eigenvalue weighted by Gasteiger charge is -2.04. The van der Waals surface area contributed by atoms with Crippen molar-refractivity contribution in [2.75, 3.05) is 19.0 Å². The third-order valence-electron chi connectivity index (χ3n) is 2.92. The Bertz CT molecular complexity index is 734. The Hall–Kier alpha value is -2.18. The predicted octanol–water partition coefficient (Wildman–Crippen LogP) is 2.88. The summed E-state index contributed by atoms with van der Waals surface area (Å²) in [5.74, 6) is -0.174. The Kier molecular flexibility index (Phi) is 3.49. The van der Waals surface area contributed by atoms with Crippen LogP contribution in [0.3, 0.4) is 0 Å². The molecule has 0 saturated carbocycles. The van der Waals surface area contributed by atoms with Gasteiger partial charge in [0.1, 0.15) is 12.3 Å². The number of hydrogen-bond donors (Lipinski definition) is 2. The van der Waals surface area contributed by atoms with Crippen molar-refractivity contribution < 1.29 is 9.53 Å². The maximum absolute atomic E-state index is 11.5. The highest BCUT2D eigenvalue weighted by Crippen LogP contribution is 2.29. The van der Waals surface area contributed by atoms with Gasteiger partial charge in [0.15, 0.2) is 0 Å². The molecule has 1 aromatic carbocycles. The van der Waals surface area contributed by atoms with Crippen LogP contribution < -0.4 is 5.32 Å². The summed E-state index contributed by atoms with van der Waals surface area (Å²) in [4.78, 5) is 11.5. The van der Waals surface area contributed by atoms with Gasteiger partial charge in [0.2, 0.25) is 5.91 Å². The lowest BCUT2D eigenvalue weighted by atomic mass is 10.1. The van der Waals surface area contributed by atoms with Gasteiger partial charge in [-0.2, -0.15) is 16.4 Å². The standard InChI is InChI=1S/C14H13N3O2S/c1-19-7-13(18)15-10-2-3-12-11(6-10)14(17-16-12)9-4-5-20-8-9/h2-6,8H,7H2,1H3,(H,15,18)(H,16,17). The summed E-state index contributed by atoms with van der Waals surface area (Å²) in [6.07, 6.45) is 0. The highest BCUT2D eigenvalue weighted by atomic mass is 32.1. The van der Waals surface area contributed by atoms with Crippen molar-refractivity contribution in [1.29, 1.82) is 0 Å². The zero-order valence-electron chi connectivity index (χ0n) is 10.8. The molecule has 6 heteroatoms. The first-order valence-electron chi connectivity index (χ1n) is 6.07. The van der Waals surface area contributed by atoms with Crippen LogP contribution in [0.4, 0.5) is 5.69 Å². The molecule has 0 aliphatic rings. The first kappa shape index (κ1) is 12.8. The monoisotopic (exact) mass is 287 g/mol. The minimum Gasteiger partial charge on any atom is -0.375 e. The molecule has 0 spiro atoms. The Morgan fingerprint density at radius 1 is 1.45 bits per heavy atom. The molecule has 0 aliphatic heterocycles. The van der Waals surface area contributed by atoms with Crippen LogP contribution >= 0.6 is 11.3 Å². The second kappa shape index (κ2) is 5.44. The third kappa shape index (κ3) is 2.43. The van der Waals surface area contributed by atoms with Crippen molar-refractivity contribution in [3.8, 4) is 11.3 Å². The number of carbonyl (C=O) groups is 1. The molecule has 0 saturated heterocycles. The van der Waals surface area contributed by atoms with Gasteiger partial charge in [-0.05, 0) is 29.6 Å². The molecular formula is C14H13N3O2S. The zero-order valence-corrected chi connectivity index (χ0v) is 11.7. The van der Waals surface area contributed by atoms with E-state index in [0.29, 0.717) is 0 Å². The molecule has 0 unspecified atom stereocenters. The summed E-state index contributed by atoms with van der Waals surface area (Å²) < 4.78 is 4.80. The molecule has 2 heterocycles. The van der Waals surface area contributed by atoms with Crippen LogP contribution in [0.15, 0.2) is 35.0 Å². The number of methoxy groups -OCH3 is 1. The molecule has 2 N–H and O–H groups in total. The number of fused-ring (bicyclic) bond motifs is 1. The fourth-order valence-corrected chi connectivity index (χ4v) is 2.68. The maximum Gasteiger partial charge on any atom is 0.250 e. The van der Waals surface area contributed by atoms with E-state index in [0.717, 1.165) is 27.8 Å². The number of nitrogens with zero attached hydrogens (tertiary/aromatic N) is 1. The molecule has 2 aromatic heterocycles. The second-order valence-electron chi connectivity index (χ2n) is 4.33. The first-order valence-corrected chi connectivity index (χ1v) is 7.01. The fraction of sp³-hybridized carbons (Fsp3) is 0.143. The molecule has 0 aliphatic carbocycles. The summed E-state index contributed by atoms with van der Waals surface area (Å²) in [5.41, 5.74) is 3.64. The van der Waals surface area contributed by atoms with Gasteiger partial charge in [0.05, 0.1) is 5.52 Å². The molecule has 20 heavy (non-hydrogen) atoms. The number of ether oxygens (including phenoxy) is 1. The number of carbonyl (C=O) groups excluding carboxylic acids is 1. The second-order valence-corrected chi connectivity index (χ2v) is 5.11. The van der Waals surface area contributed by atoms with Crippen molar-refractivity contribution in [3.05, 3.63) is 35.0 Å². The van der Waals surface area contributed by atoms with E-state index < -0.39 is 0 Å². The van der Waals surface area contributed by atoms with E-state index in [1.54, 1.807) is 11.3 Å². The Morgan fingerprint density at radius 3 is 3.10 bits per heavy atom. The minimum absolute atomic E-state index is 0.0425. The predicted molar refractivity (Wildman–Crippen MR) is 79.9 cm³/mol. The van der Waals surface area contributed by atoms with E-state index in [1.165, 1.54) is 7.11 Å². The SMILES string of the molecule is COCC(=O)Nc1ccc2[nH]nc(-c3ccsc3)c2c1. The Morgan fingerprint density at radius 2 is 2.35 bits per heavy atom. The molecule has 1 amide bonds. The summed E-state index contributed by atoms with van der Waals surface area (Å²) in [6.45, 7) is 0.0425. The van der Waals surface area contributed by atoms with Gasteiger partial charge < -0.3 is 10.1 Å². The van der Waals surface area contributed by atoms with E-state index in [9.17, 15) is 4.79 Å². The topological polar surface area (TPSA) is 67.0 Å². The van der Waals surface area contributed by atoms with Gasteiger partial charge in [-0.15, -0.1) is 0 Å². The molecule has 0 fully saturated rings. The molecule has 5 nitrogen and oxygen atoms in total. The van der Waals surface area contributed by atoms with Crippen LogP contribution in [0.1, 0.15) is 0 Å². The van der Waals surface area contributed by atoms with E-state index in [4.69, 9.17) is 4.74 Å². The van der Waals surface area contributed by atoms with Gasteiger partial charge in [0.25, 0.3) is 0 Å². The largest absolute Gasteiger partial charge is 0.375 e. The highest BCUT2D eigenvalue weighted by Gasteiger charge is 2.10. The number of aromatic nitrogens is 2. The van der Waals surface area contributed by atoms with E-state index in [1.807, 2.05) is 35.0 Å². The number of thiophene rings is 1. The molecule has 3 rings (SSSR count). The number of anilines is 1. The molecule has 3 aromatic rings. The van der Waals surface area contributed by atoms with Crippen molar-refractivity contribution in [1.82, 2.24) is 10.2 Å². The molecule has 0 bridgehead atoms.